The van der Waals surface area contributed by atoms with E-state index in [0.29, 0.717) is 13.2 Å². The van der Waals surface area contributed by atoms with E-state index >= 15 is 0 Å². The fourth-order valence-corrected chi connectivity index (χ4v) is 2.99. The van der Waals surface area contributed by atoms with E-state index in [1.54, 1.807) is 11.3 Å². The van der Waals surface area contributed by atoms with Gasteiger partial charge in [-0.3, -0.25) is 4.90 Å². The van der Waals surface area contributed by atoms with Crippen LogP contribution in [0.3, 0.4) is 0 Å². The van der Waals surface area contributed by atoms with Gasteiger partial charge in [-0.2, -0.15) is 11.3 Å². The van der Waals surface area contributed by atoms with Crippen molar-refractivity contribution in [2.45, 2.75) is 33.2 Å². The summed E-state index contributed by atoms with van der Waals surface area (Å²) in [5.41, 5.74) is 3.57. The van der Waals surface area contributed by atoms with Gasteiger partial charge in [0.15, 0.2) is 0 Å². The average molecular weight is 278 g/mol. The predicted octanol–water partition coefficient (Wildman–Crippen LogP) is 1.89. The molecule has 5 nitrogen and oxygen atoms in total. The Morgan fingerprint density at radius 2 is 2.37 bits per heavy atom. The summed E-state index contributed by atoms with van der Waals surface area (Å²) >= 11 is 1.75. The highest BCUT2D eigenvalue weighted by Crippen LogP contribution is 2.18. The van der Waals surface area contributed by atoms with Crippen LogP contribution in [-0.2, 0) is 31.0 Å². The van der Waals surface area contributed by atoms with Crippen LogP contribution in [-0.4, -0.2) is 33.0 Å². The zero-order valence-electron chi connectivity index (χ0n) is 11.1. The lowest BCUT2D eigenvalue weighted by Gasteiger charge is -2.27. The number of rotatable bonds is 5. The first kappa shape index (κ1) is 12.8. The SMILES string of the molecule is CCOCc1nnn2c1CN(Cc1ccsc1)CC2. The molecule has 0 N–H and O–H groups in total. The largest absolute Gasteiger partial charge is 0.375 e. The number of hydrogen-bond acceptors (Lipinski definition) is 5. The Bertz CT molecular complexity index is 523. The molecule has 1 aliphatic rings. The lowest BCUT2D eigenvalue weighted by Crippen LogP contribution is -2.33. The Labute approximate surface area is 116 Å². The summed E-state index contributed by atoms with van der Waals surface area (Å²) in [7, 11) is 0. The summed E-state index contributed by atoms with van der Waals surface area (Å²) in [5, 5.41) is 12.8. The topological polar surface area (TPSA) is 43.2 Å². The fourth-order valence-electron chi connectivity index (χ4n) is 2.33. The average Bonchev–Trinajstić information content (AvgIpc) is 3.06. The molecule has 0 radical (unpaired) electrons. The van der Waals surface area contributed by atoms with Crippen LogP contribution >= 0.6 is 11.3 Å². The maximum atomic E-state index is 5.45. The van der Waals surface area contributed by atoms with Crippen LogP contribution in [0.5, 0.6) is 0 Å². The second-order valence-corrected chi connectivity index (χ2v) is 5.47. The van der Waals surface area contributed by atoms with Gasteiger partial charge in [0.2, 0.25) is 0 Å². The standard InChI is InChI=1S/C13H18N4OS/c1-2-18-9-12-13-8-16(4-5-17(13)15-14-12)7-11-3-6-19-10-11/h3,6,10H,2,4-5,7-9H2,1H3. The van der Waals surface area contributed by atoms with E-state index in [2.05, 4.69) is 32.0 Å². The number of fused-ring (bicyclic) bond motifs is 1. The van der Waals surface area contributed by atoms with Crippen LogP contribution in [0, 0.1) is 0 Å². The summed E-state index contributed by atoms with van der Waals surface area (Å²) in [5.74, 6) is 0. The van der Waals surface area contributed by atoms with Gasteiger partial charge in [0.1, 0.15) is 5.69 Å². The van der Waals surface area contributed by atoms with Gasteiger partial charge in [0.05, 0.1) is 18.8 Å². The Morgan fingerprint density at radius 3 is 3.16 bits per heavy atom. The molecule has 2 aromatic rings. The first-order chi connectivity index (χ1) is 9.36. The van der Waals surface area contributed by atoms with E-state index in [-0.39, 0.29) is 0 Å². The van der Waals surface area contributed by atoms with E-state index in [1.165, 1.54) is 11.3 Å². The van der Waals surface area contributed by atoms with Crippen molar-refractivity contribution in [3.8, 4) is 0 Å². The highest BCUT2D eigenvalue weighted by molar-refractivity contribution is 7.07. The lowest BCUT2D eigenvalue weighted by atomic mass is 10.2. The molecule has 0 aromatic carbocycles. The Balaban J connectivity index is 1.69. The summed E-state index contributed by atoms with van der Waals surface area (Å²) in [6.45, 7) is 7.13. The monoisotopic (exact) mass is 278 g/mol. The maximum absolute atomic E-state index is 5.45. The minimum atomic E-state index is 0.568. The molecule has 1 aliphatic heterocycles. The van der Waals surface area contributed by atoms with Gasteiger partial charge >= 0.3 is 0 Å². The zero-order valence-corrected chi connectivity index (χ0v) is 11.9. The van der Waals surface area contributed by atoms with Gasteiger partial charge in [-0.25, -0.2) is 4.68 Å². The number of thiophene rings is 1. The zero-order chi connectivity index (χ0) is 13.1. The van der Waals surface area contributed by atoms with Crippen molar-refractivity contribution in [3.63, 3.8) is 0 Å². The van der Waals surface area contributed by atoms with Crippen molar-refractivity contribution >= 4 is 11.3 Å². The van der Waals surface area contributed by atoms with Crippen molar-refractivity contribution in [3.05, 3.63) is 33.8 Å². The Morgan fingerprint density at radius 1 is 1.42 bits per heavy atom. The molecule has 3 heterocycles. The fraction of sp³-hybridized carbons (Fsp3) is 0.538. The number of hydrogen-bond donors (Lipinski definition) is 0. The van der Waals surface area contributed by atoms with E-state index in [4.69, 9.17) is 4.74 Å². The molecule has 0 fully saturated rings. The van der Waals surface area contributed by atoms with Crippen LogP contribution in [0.2, 0.25) is 0 Å². The predicted molar refractivity (Wildman–Crippen MR) is 73.8 cm³/mol. The van der Waals surface area contributed by atoms with Gasteiger partial charge in [0.25, 0.3) is 0 Å². The van der Waals surface area contributed by atoms with Crippen LogP contribution < -0.4 is 0 Å². The molecule has 6 heteroatoms. The molecule has 19 heavy (non-hydrogen) atoms. The molecule has 0 spiro atoms. The van der Waals surface area contributed by atoms with Gasteiger partial charge in [0, 0.05) is 26.2 Å². The van der Waals surface area contributed by atoms with Crippen molar-refractivity contribution in [2.24, 2.45) is 0 Å². The molecule has 2 aromatic heterocycles. The molecule has 0 unspecified atom stereocenters. The molecule has 0 saturated carbocycles. The minimum Gasteiger partial charge on any atom is -0.375 e. The van der Waals surface area contributed by atoms with E-state index in [1.807, 2.05) is 11.6 Å². The van der Waals surface area contributed by atoms with Crippen molar-refractivity contribution in [1.82, 2.24) is 19.9 Å². The molecule has 3 rings (SSSR count). The summed E-state index contributed by atoms with van der Waals surface area (Å²) in [6.07, 6.45) is 0. The first-order valence-electron chi connectivity index (χ1n) is 6.59. The summed E-state index contributed by atoms with van der Waals surface area (Å²) in [6, 6.07) is 2.19. The normalized spacial score (nSPS) is 15.6. The second-order valence-electron chi connectivity index (χ2n) is 4.69. The third-order valence-electron chi connectivity index (χ3n) is 3.35. The maximum Gasteiger partial charge on any atom is 0.113 e. The molecule has 102 valence electrons. The van der Waals surface area contributed by atoms with Gasteiger partial charge in [-0.15, -0.1) is 5.10 Å². The molecule has 0 amide bonds. The van der Waals surface area contributed by atoms with Crippen LogP contribution in [0.15, 0.2) is 16.8 Å². The molecule has 0 atom stereocenters. The molecular weight excluding hydrogens is 260 g/mol. The number of aromatic nitrogens is 3. The van der Waals surface area contributed by atoms with Crippen molar-refractivity contribution in [2.75, 3.05) is 13.2 Å². The molecular formula is C13H18N4OS. The van der Waals surface area contributed by atoms with Crippen molar-refractivity contribution < 1.29 is 4.74 Å². The quantitative estimate of drug-likeness (QED) is 0.838. The third kappa shape index (κ3) is 2.86. The van der Waals surface area contributed by atoms with Crippen molar-refractivity contribution in [1.29, 1.82) is 0 Å². The van der Waals surface area contributed by atoms with E-state index in [9.17, 15) is 0 Å². The molecule has 0 bridgehead atoms. The third-order valence-corrected chi connectivity index (χ3v) is 4.08. The number of ether oxygens (including phenoxy) is 1. The minimum absolute atomic E-state index is 0.568. The van der Waals surface area contributed by atoms with E-state index in [0.717, 1.165) is 31.9 Å². The second kappa shape index (κ2) is 5.81. The highest BCUT2D eigenvalue weighted by atomic mass is 32.1. The van der Waals surface area contributed by atoms with Gasteiger partial charge in [-0.1, -0.05) is 5.21 Å². The van der Waals surface area contributed by atoms with Crippen LogP contribution in [0.25, 0.3) is 0 Å². The molecule has 0 aliphatic carbocycles. The smallest absolute Gasteiger partial charge is 0.113 e. The van der Waals surface area contributed by atoms with Gasteiger partial charge < -0.3 is 4.74 Å². The van der Waals surface area contributed by atoms with Crippen LogP contribution in [0.1, 0.15) is 23.9 Å². The lowest BCUT2D eigenvalue weighted by molar-refractivity contribution is 0.128. The molecule has 0 saturated heterocycles. The highest BCUT2D eigenvalue weighted by Gasteiger charge is 2.21. The Kier molecular flexibility index (Phi) is 3.91. The van der Waals surface area contributed by atoms with Gasteiger partial charge in [-0.05, 0) is 29.3 Å². The summed E-state index contributed by atoms with van der Waals surface area (Å²) in [4.78, 5) is 2.44. The Hall–Kier alpha value is -1.24. The van der Waals surface area contributed by atoms with Crippen LogP contribution in [0.4, 0.5) is 0 Å². The van der Waals surface area contributed by atoms with E-state index < -0.39 is 0 Å². The number of nitrogens with zero attached hydrogens (tertiary/aromatic N) is 4. The summed E-state index contributed by atoms with van der Waals surface area (Å²) < 4.78 is 7.46. The first-order valence-corrected chi connectivity index (χ1v) is 7.53.